The fourth-order valence-electron chi connectivity index (χ4n) is 1.03. The van der Waals surface area contributed by atoms with Crippen molar-refractivity contribution in [3.8, 4) is 0 Å². The summed E-state index contributed by atoms with van der Waals surface area (Å²) in [4.78, 5) is 0. The summed E-state index contributed by atoms with van der Waals surface area (Å²) in [6, 6.07) is 10.1. The third-order valence-electron chi connectivity index (χ3n) is 1.99. The predicted molar refractivity (Wildman–Crippen MR) is 51.9 cm³/mol. The smallest absolute Gasteiger partial charge is 0.0793 e. The number of methoxy groups -OCH3 is 1. The standard InChI is InChI=1S/C11H14O/c1-9(10(2)12-3)11-7-5-4-6-8-11/h4-8,10H,1H2,2-3H3/t10-/m1/s1. The van der Waals surface area contributed by atoms with Crippen molar-refractivity contribution in [3.05, 3.63) is 42.5 Å². The van der Waals surface area contributed by atoms with Crippen molar-refractivity contribution in [2.45, 2.75) is 13.0 Å². The maximum Gasteiger partial charge on any atom is 0.0793 e. The van der Waals surface area contributed by atoms with E-state index in [4.69, 9.17) is 4.74 Å². The molecule has 0 N–H and O–H groups in total. The van der Waals surface area contributed by atoms with Gasteiger partial charge in [0.15, 0.2) is 0 Å². The summed E-state index contributed by atoms with van der Waals surface area (Å²) in [7, 11) is 1.69. The van der Waals surface area contributed by atoms with Gasteiger partial charge in [0, 0.05) is 7.11 Å². The SMILES string of the molecule is C=C(c1ccccc1)[C@@H](C)OC. The largest absolute Gasteiger partial charge is 0.377 e. The zero-order valence-corrected chi connectivity index (χ0v) is 7.58. The maximum atomic E-state index is 5.17. The number of benzene rings is 1. The van der Waals surface area contributed by atoms with Crippen molar-refractivity contribution in [1.29, 1.82) is 0 Å². The topological polar surface area (TPSA) is 9.23 Å². The van der Waals surface area contributed by atoms with E-state index in [1.807, 2.05) is 37.3 Å². The zero-order valence-electron chi connectivity index (χ0n) is 7.58. The normalized spacial score (nSPS) is 12.5. The Labute approximate surface area is 73.7 Å². The Balaban J connectivity index is 2.79. The van der Waals surface area contributed by atoms with Gasteiger partial charge in [-0.3, -0.25) is 0 Å². The summed E-state index contributed by atoms with van der Waals surface area (Å²) in [6.45, 7) is 5.97. The van der Waals surface area contributed by atoms with E-state index in [0.29, 0.717) is 0 Å². The second-order valence-electron chi connectivity index (χ2n) is 2.77. The molecule has 0 aliphatic heterocycles. The molecular weight excluding hydrogens is 148 g/mol. The first-order valence-corrected chi connectivity index (χ1v) is 4.02. The van der Waals surface area contributed by atoms with Crippen LogP contribution in [0.25, 0.3) is 5.57 Å². The highest BCUT2D eigenvalue weighted by molar-refractivity contribution is 5.66. The second kappa shape index (κ2) is 4.07. The molecule has 1 atom stereocenters. The van der Waals surface area contributed by atoms with Crippen molar-refractivity contribution in [2.24, 2.45) is 0 Å². The first-order valence-electron chi connectivity index (χ1n) is 4.02. The van der Waals surface area contributed by atoms with Crippen molar-refractivity contribution in [3.63, 3.8) is 0 Å². The van der Waals surface area contributed by atoms with Crippen LogP contribution in [0, 0.1) is 0 Å². The summed E-state index contributed by atoms with van der Waals surface area (Å²) < 4.78 is 5.17. The molecule has 0 aromatic heterocycles. The minimum absolute atomic E-state index is 0.0902. The lowest BCUT2D eigenvalue weighted by molar-refractivity contribution is 0.164. The van der Waals surface area contributed by atoms with Crippen LogP contribution in [-0.4, -0.2) is 13.2 Å². The molecule has 1 aromatic carbocycles. The Bertz CT molecular complexity index is 251. The number of hydrogen-bond donors (Lipinski definition) is 0. The zero-order chi connectivity index (χ0) is 8.97. The second-order valence-corrected chi connectivity index (χ2v) is 2.77. The highest BCUT2D eigenvalue weighted by Gasteiger charge is 2.05. The average Bonchev–Trinajstić information content (AvgIpc) is 2.17. The molecular formula is C11H14O. The van der Waals surface area contributed by atoms with Gasteiger partial charge in [0.1, 0.15) is 0 Å². The lowest BCUT2D eigenvalue weighted by Crippen LogP contribution is -2.06. The van der Waals surface area contributed by atoms with Gasteiger partial charge in [0.25, 0.3) is 0 Å². The Morgan fingerprint density at radius 2 is 1.92 bits per heavy atom. The third-order valence-corrected chi connectivity index (χ3v) is 1.99. The Hall–Kier alpha value is -1.08. The van der Waals surface area contributed by atoms with Crippen LogP contribution in [0.2, 0.25) is 0 Å². The fraction of sp³-hybridized carbons (Fsp3) is 0.273. The molecule has 1 aromatic rings. The molecule has 0 heterocycles. The van der Waals surface area contributed by atoms with Crippen molar-refractivity contribution < 1.29 is 4.74 Å². The minimum Gasteiger partial charge on any atom is -0.377 e. The molecule has 0 saturated heterocycles. The molecule has 0 spiro atoms. The predicted octanol–water partition coefficient (Wildman–Crippen LogP) is 2.73. The van der Waals surface area contributed by atoms with Crippen LogP contribution in [-0.2, 0) is 4.74 Å². The molecule has 12 heavy (non-hydrogen) atoms. The van der Waals surface area contributed by atoms with Crippen LogP contribution < -0.4 is 0 Å². The molecule has 0 radical (unpaired) electrons. The maximum absolute atomic E-state index is 5.17. The summed E-state index contributed by atoms with van der Waals surface area (Å²) in [5, 5.41) is 0. The molecule has 0 amide bonds. The van der Waals surface area contributed by atoms with Crippen molar-refractivity contribution in [1.82, 2.24) is 0 Å². The van der Waals surface area contributed by atoms with E-state index >= 15 is 0 Å². The molecule has 0 aliphatic carbocycles. The first kappa shape index (κ1) is 9.01. The molecule has 0 bridgehead atoms. The van der Waals surface area contributed by atoms with E-state index in [-0.39, 0.29) is 6.10 Å². The van der Waals surface area contributed by atoms with Crippen LogP contribution in [0.3, 0.4) is 0 Å². The van der Waals surface area contributed by atoms with Crippen LogP contribution in [0.5, 0.6) is 0 Å². The number of ether oxygens (including phenoxy) is 1. The Morgan fingerprint density at radius 1 is 1.33 bits per heavy atom. The van der Waals surface area contributed by atoms with Gasteiger partial charge in [-0.05, 0) is 18.1 Å². The molecule has 1 rings (SSSR count). The van der Waals surface area contributed by atoms with E-state index in [1.54, 1.807) is 7.11 Å². The Morgan fingerprint density at radius 3 is 2.42 bits per heavy atom. The first-order chi connectivity index (χ1) is 5.75. The average molecular weight is 162 g/mol. The van der Waals surface area contributed by atoms with Crippen LogP contribution in [0.4, 0.5) is 0 Å². The van der Waals surface area contributed by atoms with E-state index < -0.39 is 0 Å². The van der Waals surface area contributed by atoms with E-state index in [2.05, 4.69) is 6.58 Å². The minimum atomic E-state index is 0.0902. The van der Waals surface area contributed by atoms with Crippen LogP contribution >= 0.6 is 0 Å². The fourth-order valence-corrected chi connectivity index (χ4v) is 1.03. The van der Waals surface area contributed by atoms with Gasteiger partial charge in [-0.25, -0.2) is 0 Å². The van der Waals surface area contributed by atoms with Crippen molar-refractivity contribution >= 4 is 5.57 Å². The van der Waals surface area contributed by atoms with E-state index in [1.165, 1.54) is 0 Å². The lowest BCUT2D eigenvalue weighted by atomic mass is 10.0. The van der Waals surface area contributed by atoms with Crippen molar-refractivity contribution in [2.75, 3.05) is 7.11 Å². The molecule has 64 valence electrons. The van der Waals surface area contributed by atoms with Gasteiger partial charge in [0.2, 0.25) is 0 Å². The molecule has 0 aliphatic rings. The summed E-state index contributed by atoms with van der Waals surface area (Å²) >= 11 is 0. The molecule has 0 saturated carbocycles. The van der Waals surface area contributed by atoms with Gasteiger partial charge in [-0.15, -0.1) is 0 Å². The molecule has 0 fully saturated rings. The Kier molecular flexibility index (Phi) is 3.06. The molecule has 1 heteroatoms. The monoisotopic (exact) mass is 162 g/mol. The van der Waals surface area contributed by atoms with Gasteiger partial charge in [-0.2, -0.15) is 0 Å². The van der Waals surface area contributed by atoms with Crippen LogP contribution in [0.1, 0.15) is 12.5 Å². The summed E-state index contributed by atoms with van der Waals surface area (Å²) in [6.07, 6.45) is 0.0902. The lowest BCUT2D eigenvalue weighted by Gasteiger charge is -2.12. The van der Waals surface area contributed by atoms with E-state index in [9.17, 15) is 0 Å². The molecule has 1 nitrogen and oxygen atoms in total. The summed E-state index contributed by atoms with van der Waals surface area (Å²) in [5.41, 5.74) is 2.17. The van der Waals surface area contributed by atoms with Gasteiger partial charge < -0.3 is 4.74 Å². The highest BCUT2D eigenvalue weighted by Crippen LogP contribution is 2.16. The third kappa shape index (κ3) is 1.95. The number of hydrogen-bond acceptors (Lipinski definition) is 1. The number of rotatable bonds is 3. The van der Waals surface area contributed by atoms with Crippen LogP contribution in [0.15, 0.2) is 36.9 Å². The highest BCUT2D eigenvalue weighted by atomic mass is 16.5. The van der Waals surface area contributed by atoms with Gasteiger partial charge in [-0.1, -0.05) is 36.9 Å². The quantitative estimate of drug-likeness (QED) is 0.664. The van der Waals surface area contributed by atoms with E-state index in [0.717, 1.165) is 11.1 Å². The summed E-state index contributed by atoms with van der Waals surface area (Å²) in [5.74, 6) is 0. The van der Waals surface area contributed by atoms with Gasteiger partial charge in [0.05, 0.1) is 6.10 Å². The van der Waals surface area contributed by atoms with Gasteiger partial charge >= 0.3 is 0 Å². The molecule has 0 unspecified atom stereocenters.